The number of aromatic nitrogens is 1. The summed E-state index contributed by atoms with van der Waals surface area (Å²) in [6.07, 6.45) is -2.89. The number of halogens is 3. The number of carbonyl (C=O) groups is 1. The van der Waals surface area contributed by atoms with Crippen LogP contribution in [0.2, 0.25) is 0 Å². The lowest BCUT2D eigenvalue weighted by Crippen LogP contribution is -2.44. The Morgan fingerprint density at radius 3 is 2.12 bits per heavy atom. The quantitative estimate of drug-likeness (QED) is 0.601. The predicted molar refractivity (Wildman–Crippen MR) is 116 cm³/mol. The smallest absolute Gasteiger partial charge is 0.354 e. The van der Waals surface area contributed by atoms with Crippen LogP contribution in [0.15, 0.2) is 79.0 Å². The Balaban J connectivity index is 1.38. The summed E-state index contributed by atoms with van der Waals surface area (Å²) >= 11 is 0. The number of amides is 2. The molecule has 0 bridgehead atoms. The van der Waals surface area contributed by atoms with Gasteiger partial charge in [0.1, 0.15) is 5.82 Å². The first-order valence-electron chi connectivity index (χ1n) is 10.4. The van der Waals surface area contributed by atoms with Gasteiger partial charge >= 0.3 is 12.2 Å². The maximum absolute atomic E-state index is 12.8. The third-order valence-corrected chi connectivity index (χ3v) is 5.46. The van der Waals surface area contributed by atoms with Gasteiger partial charge in [0.2, 0.25) is 0 Å². The molecule has 1 aliphatic heterocycles. The fraction of sp³-hybridized carbons (Fsp3) is 0.250. The summed E-state index contributed by atoms with van der Waals surface area (Å²) in [5, 5.41) is 6.03. The van der Waals surface area contributed by atoms with Gasteiger partial charge in [-0.1, -0.05) is 60.7 Å². The third-order valence-electron chi connectivity index (χ3n) is 5.46. The molecule has 1 fully saturated rings. The summed E-state index contributed by atoms with van der Waals surface area (Å²) in [5.41, 5.74) is 1.16. The van der Waals surface area contributed by atoms with Crippen LogP contribution < -0.4 is 15.5 Å². The van der Waals surface area contributed by atoms with Crippen LogP contribution in [0.1, 0.15) is 29.2 Å². The summed E-state index contributed by atoms with van der Waals surface area (Å²) in [6.45, 7) is 1.08. The van der Waals surface area contributed by atoms with Gasteiger partial charge in [0.25, 0.3) is 0 Å². The topological polar surface area (TPSA) is 57.3 Å². The van der Waals surface area contributed by atoms with Crippen LogP contribution in [0.4, 0.5) is 23.8 Å². The molecule has 32 heavy (non-hydrogen) atoms. The Morgan fingerprint density at radius 1 is 0.969 bits per heavy atom. The van der Waals surface area contributed by atoms with Crippen LogP contribution in [0.25, 0.3) is 0 Å². The van der Waals surface area contributed by atoms with Crippen LogP contribution in [0.5, 0.6) is 0 Å². The van der Waals surface area contributed by atoms with Crippen molar-refractivity contribution in [3.63, 3.8) is 0 Å². The highest BCUT2D eigenvalue weighted by Gasteiger charge is 2.31. The second kappa shape index (κ2) is 9.30. The minimum atomic E-state index is -4.41. The first-order valence-corrected chi connectivity index (χ1v) is 10.4. The van der Waals surface area contributed by atoms with Crippen molar-refractivity contribution < 1.29 is 18.0 Å². The number of alkyl halides is 3. The molecular weight excluding hydrogens is 417 g/mol. The van der Waals surface area contributed by atoms with E-state index in [0.717, 1.165) is 23.4 Å². The van der Waals surface area contributed by atoms with E-state index in [9.17, 15) is 18.0 Å². The number of nitrogens with one attached hydrogen (secondary N) is 2. The molecule has 2 amide bonds. The van der Waals surface area contributed by atoms with Gasteiger partial charge in [-0.15, -0.1) is 0 Å². The molecule has 0 radical (unpaired) electrons. The summed E-state index contributed by atoms with van der Waals surface area (Å²) in [6, 6.07) is 21.1. The zero-order valence-electron chi connectivity index (χ0n) is 17.2. The van der Waals surface area contributed by atoms with Crippen LogP contribution in [-0.2, 0) is 6.18 Å². The van der Waals surface area contributed by atoms with Gasteiger partial charge in [-0.3, -0.25) is 0 Å². The number of hydrogen-bond donors (Lipinski definition) is 2. The molecule has 2 N–H and O–H groups in total. The maximum Gasteiger partial charge on any atom is 0.417 e. The van der Waals surface area contributed by atoms with Gasteiger partial charge in [0.15, 0.2) is 0 Å². The largest absolute Gasteiger partial charge is 0.417 e. The van der Waals surface area contributed by atoms with E-state index in [1.54, 1.807) is 0 Å². The summed E-state index contributed by atoms with van der Waals surface area (Å²) in [7, 11) is 0. The molecule has 0 unspecified atom stereocenters. The average molecular weight is 440 g/mol. The molecule has 1 saturated heterocycles. The van der Waals surface area contributed by atoms with Crippen molar-refractivity contribution in [3.8, 4) is 0 Å². The van der Waals surface area contributed by atoms with Crippen molar-refractivity contribution >= 4 is 11.8 Å². The SMILES string of the molecule is O=C(NC(c1ccccc1)c1ccccc1)N[C@@H]1CCN(c2ccc(C(F)(F)F)cn2)C1. The van der Waals surface area contributed by atoms with Crippen molar-refractivity contribution in [1.29, 1.82) is 0 Å². The molecule has 0 spiro atoms. The van der Waals surface area contributed by atoms with Crippen molar-refractivity contribution in [2.75, 3.05) is 18.0 Å². The minimum Gasteiger partial charge on any atom is -0.354 e. The van der Waals surface area contributed by atoms with Crippen molar-refractivity contribution in [2.24, 2.45) is 0 Å². The second-order valence-corrected chi connectivity index (χ2v) is 7.71. The normalized spacial score (nSPS) is 16.2. The summed E-state index contributed by atoms with van der Waals surface area (Å²) in [5.74, 6) is 0.467. The van der Waals surface area contributed by atoms with Crippen LogP contribution in [-0.4, -0.2) is 30.1 Å². The van der Waals surface area contributed by atoms with Crippen molar-refractivity contribution in [2.45, 2.75) is 24.7 Å². The molecule has 1 aromatic heterocycles. The monoisotopic (exact) mass is 440 g/mol. The zero-order chi connectivity index (χ0) is 22.6. The van der Waals surface area contributed by atoms with E-state index in [-0.39, 0.29) is 18.1 Å². The lowest BCUT2D eigenvalue weighted by molar-refractivity contribution is -0.137. The van der Waals surface area contributed by atoms with Crippen molar-refractivity contribution in [1.82, 2.24) is 15.6 Å². The van der Waals surface area contributed by atoms with E-state index >= 15 is 0 Å². The van der Waals surface area contributed by atoms with Gasteiger partial charge in [0, 0.05) is 25.3 Å². The molecule has 166 valence electrons. The number of pyridine rings is 1. The molecule has 8 heteroatoms. The van der Waals surface area contributed by atoms with Crippen LogP contribution in [0, 0.1) is 0 Å². The maximum atomic E-state index is 12.8. The molecule has 4 rings (SSSR count). The van der Waals surface area contributed by atoms with Gasteiger partial charge in [-0.2, -0.15) is 13.2 Å². The van der Waals surface area contributed by atoms with Crippen LogP contribution in [0.3, 0.4) is 0 Å². The molecule has 0 saturated carbocycles. The zero-order valence-corrected chi connectivity index (χ0v) is 17.2. The number of rotatable bonds is 5. The fourth-order valence-electron chi connectivity index (χ4n) is 3.84. The van der Waals surface area contributed by atoms with E-state index in [1.165, 1.54) is 6.07 Å². The Hall–Kier alpha value is -3.55. The number of benzene rings is 2. The average Bonchev–Trinajstić information content (AvgIpc) is 3.26. The van der Waals surface area contributed by atoms with Crippen LogP contribution >= 0.6 is 0 Å². The first-order chi connectivity index (χ1) is 15.4. The van der Waals surface area contributed by atoms with Gasteiger partial charge in [-0.25, -0.2) is 9.78 Å². The van der Waals surface area contributed by atoms with Crippen molar-refractivity contribution in [3.05, 3.63) is 95.7 Å². The number of nitrogens with zero attached hydrogens (tertiary/aromatic N) is 2. The lowest BCUT2D eigenvalue weighted by Gasteiger charge is -2.22. The molecule has 2 heterocycles. The molecule has 5 nitrogen and oxygen atoms in total. The van der Waals surface area contributed by atoms with E-state index in [2.05, 4.69) is 15.6 Å². The number of hydrogen-bond acceptors (Lipinski definition) is 3. The number of anilines is 1. The molecule has 2 aromatic carbocycles. The highest BCUT2D eigenvalue weighted by Crippen LogP contribution is 2.30. The van der Waals surface area contributed by atoms with Gasteiger partial charge in [-0.05, 0) is 29.7 Å². The summed E-state index contributed by atoms with van der Waals surface area (Å²) < 4.78 is 38.2. The standard InChI is InChI=1S/C24H23F3N4O/c25-24(26,27)19-11-12-21(28-15-19)31-14-13-20(16-31)29-23(32)30-22(17-7-3-1-4-8-17)18-9-5-2-6-10-18/h1-12,15,20,22H,13-14,16H2,(H2,29,30,32)/t20-/m1/s1. The van der Waals surface area contributed by atoms with E-state index < -0.39 is 11.7 Å². The molecule has 3 aromatic rings. The number of carbonyl (C=O) groups excluding carboxylic acids is 1. The number of urea groups is 1. The highest BCUT2D eigenvalue weighted by molar-refractivity contribution is 5.75. The van der Waals surface area contributed by atoms with E-state index in [0.29, 0.717) is 25.3 Å². The Bertz CT molecular complexity index is 987. The first kappa shape index (κ1) is 21.7. The van der Waals surface area contributed by atoms with E-state index in [4.69, 9.17) is 0 Å². The Labute approximate surface area is 184 Å². The fourth-order valence-corrected chi connectivity index (χ4v) is 3.84. The van der Waals surface area contributed by atoms with Gasteiger partial charge in [0.05, 0.1) is 11.6 Å². The lowest BCUT2D eigenvalue weighted by atomic mass is 9.99. The third kappa shape index (κ3) is 5.19. The summed E-state index contributed by atoms with van der Waals surface area (Å²) in [4.78, 5) is 18.6. The predicted octanol–water partition coefficient (Wildman–Crippen LogP) is 4.77. The van der Waals surface area contributed by atoms with E-state index in [1.807, 2.05) is 65.6 Å². The minimum absolute atomic E-state index is 0.133. The second-order valence-electron chi connectivity index (χ2n) is 7.71. The Kier molecular flexibility index (Phi) is 6.30. The van der Waals surface area contributed by atoms with Gasteiger partial charge < -0.3 is 15.5 Å². The molecular formula is C24H23F3N4O. The highest BCUT2D eigenvalue weighted by atomic mass is 19.4. The molecule has 0 aliphatic carbocycles. The Morgan fingerprint density at radius 2 is 1.59 bits per heavy atom. The molecule has 1 aliphatic rings. The molecule has 1 atom stereocenters.